The van der Waals surface area contributed by atoms with Crippen LogP contribution < -0.4 is 5.73 Å². The minimum atomic E-state index is -0.376. The number of anilines is 1. The van der Waals surface area contributed by atoms with Gasteiger partial charge in [0.25, 0.3) is 0 Å². The summed E-state index contributed by atoms with van der Waals surface area (Å²) in [4.78, 5) is 0. The van der Waals surface area contributed by atoms with E-state index >= 15 is 0 Å². The molecule has 0 amide bonds. The molecule has 1 rings (SSSR count). The quantitative estimate of drug-likeness (QED) is 0.632. The van der Waals surface area contributed by atoms with E-state index in [0.717, 1.165) is 12.0 Å². The maximum atomic E-state index is 9.40. The lowest BCUT2D eigenvalue weighted by atomic mass is 10.1. The lowest BCUT2D eigenvalue weighted by molar-refractivity contribution is 0.174. The number of hydrogen-bond donors (Lipinski definition) is 2. The van der Waals surface area contributed by atoms with Crippen molar-refractivity contribution in [1.29, 1.82) is 0 Å². The van der Waals surface area contributed by atoms with Crippen LogP contribution >= 0.6 is 0 Å². The number of rotatable bonds is 2. The molecule has 1 atom stereocenters. The first-order valence-electron chi connectivity index (χ1n) is 3.77. The zero-order valence-electron chi connectivity index (χ0n) is 6.62. The van der Waals surface area contributed by atoms with Crippen molar-refractivity contribution >= 4 is 5.69 Å². The van der Waals surface area contributed by atoms with Crippen molar-refractivity contribution in [2.45, 2.75) is 19.4 Å². The van der Waals surface area contributed by atoms with E-state index in [1.165, 1.54) is 0 Å². The van der Waals surface area contributed by atoms with Gasteiger partial charge in [-0.1, -0.05) is 19.1 Å². The Morgan fingerprint density at radius 3 is 2.82 bits per heavy atom. The van der Waals surface area contributed by atoms with Gasteiger partial charge in [-0.3, -0.25) is 0 Å². The van der Waals surface area contributed by atoms with E-state index in [2.05, 4.69) is 0 Å². The van der Waals surface area contributed by atoms with E-state index in [-0.39, 0.29) is 6.10 Å². The Hall–Kier alpha value is -1.02. The molecular weight excluding hydrogens is 138 g/mol. The highest BCUT2D eigenvalue weighted by atomic mass is 16.3. The molecule has 2 heteroatoms. The Bertz CT molecular complexity index is 235. The van der Waals surface area contributed by atoms with Crippen LogP contribution in [0.5, 0.6) is 0 Å². The van der Waals surface area contributed by atoms with Crippen molar-refractivity contribution in [3.05, 3.63) is 29.8 Å². The predicted octanol–water partition coefficient (Wildman–Crippen LogP) is 1.71. The molecule has 60 valence electrons. The third kappa shape index (κ3) is 1.95. The number of hydrogen-bond acceptors (Lipinski definition) is 2. The minimum Gasteiger partial charge on any atom is -0.399 e. The van der Waals surface area contributed by atoms with E-state index in [1.807, 2.05) is 25.1 Å². The standard InChI is InChI=1S/C9H13NO/c1-2-9(11)7-4-3-5-8(10)6-7/h3-6,9,11H,2,10H2,1H3/t9-/m0/s1. The molecule has 0 aliphatic carbocycles. The zero-order chi connectivity index (χ0) is 8.27. The van der Waals surface area contributed by atoms with E-state index in [4.69, 9.17) is 5.73 Å². The topological polar surface area (TPSA) is 46.2 Å². The van der Waals surface area contributed by atoms with Crippen LogP contribution in [-0.4, -0.2) is 5.11 Å². The fraction of sp³-hybridized carbons (Fsp3) is 0.333. The summed E-state index contributed by atoms with van der Waals surface area (Å²) < 4.78 is 0. The highest BCUT2D eigenvalue weighted by molar-refractivity contribution is 5.41. The van der Waals surface area contributed by atoms with Crippen LogP contribution in [0, 0.1) is 0 Å². The Labute approximate surface area is 66.7 Å². The molecule has 0 radical (unpaired) electrons. The molecule has 11 heavy (non-hydrogen) atoms. The number of aliphatic hydroxyl groups is 1. The van der Waals surface area contributed by atoms with Crippen molar-refractivity contribution in [3.63, 3.8) is 0 Å². The maximum absolute atomic E-state index is 9.40. The van der Waals surface area contributed by atoms with Crippen LogP contribution in [0.25, 0.3) is 0 Å². The van der Waals surface area contributed by atoms with Gasteiger partial charge in [-0.05, 0) is 24.1 Å². The van der Waals surface area contributed by atoms with Crippen molar-refractivity contribution in [1.82, 2.24) is 0 Å². The molecular formula is C9H13NO. The molecule has 3 N–H and O–H groups in total. The lowest BCUT2D eigenvalue weighted by Gasteiger charge is -2.07. The lowest BCUT2D eigenvalue weighted by Crippen LogP contribution is -1.95. The maximum Gasteiger partial charge on any atom is 0.0788 e. The fourth-order valence-electron chi connectivity index (χ4n) is 1.00. The molecule has 0 aliphatic rings. The largest absolute Gasteiger partial charge is 0.399 e. The molecule has 0 aromatic heterocycles. The first-order chi connectivity index (χ1) is 5.24. The first kappa shape index (κ1) is 8.08. The summed E-state index contributed by atoms with van der Waals surface area (Å²) in [6.07, 6.45) is 0.349. The van der Waals surface area contributed by atoms with Gasteiger partial charge in [0.1, 0.15) is 0 Å². The third-order valence-corrected chi connectivity index (χ3v) is 1.68. The summed E-state index contributed by atoms with van der Waals surface area (Å²) in [7, 11) is 0. The average Bonchev–Trinajstić information content (AvgIpc) is 2.03. The Morgan fingerprint density at radius 1 is 1.55 bits per heavy atom. The average molecular weight is 151 g/mol. The van der Waals surface area contributed by atoms with Gasteiger partial charge in [-0.25, -0.2) is 0 Å². The zero-order valence-corrected chi connectivity index (χ0v) is 6.62. The summed E-state index contributed by atoms with van der Waals surface area (Å²) in [5, 5.41) is 9.40. The minimum absolute atomic E-state index is 0.376. The molecule has 2 nitrogen and oxygen atoms in total. The molecule has 0 aliphatic heterocycles. The summed E-state index contributed by atoms with van der Waals surface area (Å²) in [5.74, 6) is 0. The van der Waals surface area contributed by atoms with Crippen LogP contribution in [0.1, 0.15) is 25.0 Å². The van der Waals surface area contributed by atoms with Crippen molar-refractivity contribution in [2.24, 2.45) is 0 Å². The van der Waals surface area contributed by atoms with Crippen LogP contribution in [0.2, 0.25) is 0 Å². The van der Waals surface area contributed by atoms with Gasteiger partial charge in [-0.15, -0.1) is 0 Å². The summed E-state index contributed by atoms with van der Waals surface area (Å²) >= 11 is 0. The summed E-state index contributed by atoms with van der Waals surface area (Å²) in [5.41, 5.74) is 7.14. The molecule has 1 aromatic rings. The van der Waals surface area contributed by atoms with Crippen LogP contribution in [0.3, 0.4) is 0 Å². The molecule has 0 unspecified atom stereocenters. The van der Waals surface area contributed by atoms with Crippen molar-refractivity contribution in [2.75, 3.05) is 5.73 Å². The predicted molar refractivity (Wildman–Crippen MR) is 46.1 cm³/mol. The highest BCUT2D eigenvalue weighted by Gasteiger charge is 2.02. The monoisotopic (exact) mass is 151 g/mol. The van der Waals surface area contributed by atoms with Gasteiger partial charge in [0, 0.05) is 5.69 Å². The van der Waals surface area contributed by atoms with Gasteiger partial charge < -0.3 is 10.8 Å². The summed E-state index contributed by atoms with van der Waals surface area (Å²) in [6, 6.07) is 7.34. The fourth-order valence-corrected chi connectivity index (χ4v) is 1.00. The van der Waals surface area contributed by atoms with E-state index in [1.54, 1.807) is 6.07 Å². The van der Waals surface area contributed by atoms with Gasteiger partial charge in [0.05, 0.1) is 6.10 Å². The molecule has 0 spiro atoms. The molecule has 0 saturated heterocycles. The smallest absolute Gasteiger partial charge is 0.0788 e. The second-order valence-electron chi connectivity index (χ2n) is 2.59. The number of nitrogen functional groups attached to an aromatic ring is 1. The molecule has 0 bridgehead atoms. The van der Waals surface area contributed by atoms with Crippen molar-refractivity contribution < 1.29 is 5.11 Å². The number of nitrogens with two attached hydrogens (primary N) is 1. The van der Waals surface area contributed by atoms with Gasteiger partial charge >= 0.3 is 0 Å². The second kappa shape index (κ2) is 3.39. The van der Waals surface area contributed by atoms with Gasteiger partial charge in [0.15, 0.2) is 0 Å². The molecule has 1 aromatic carbocycles. The third-order valence-electron chi connectivity index (χ3n) is 1.68. The number of aliphatic hydroxyl groups excluding tert-OH is 1. The van der Waals surface area contributed by atoms with Gasteiger partial charge in [-0.2, -0.15) is 0 Å². The van der Waals surface area contributed by atoms with E-state index in [9.17, 15) is 5.11 Å². The van der Waals surface area contributed by atoms with E-state index in [0.29, 0.717) is 5.69 Å². The normalized spacial score (nSPS) is 12.9. The second-order valence-corrected chi connectivity index (χ2v) is 2.59. The van der Waals surface area contributed by atoms with Crippen LogP contribution in [0.15, 0.2) is 24.3 Å². The van der Waals surface area contributed by atoms with Crippen molar-refractivity contribution in [3.8, 4) is 0 Å². The molecule has 0 fully saturated rings. The van der Waals surface area contributed by atoms with Crippen LogP contribution in [-0.2, 0) is 0 Å². The molecule has 0 saturated carbocycles. The SMILES string of the molecule is CC[C@H](O)c1cccc(N)c1. The molecule has 0 heterocycles. The summed E-state index contributed by atoms with van der Waals surface area (Å²) in [6.45, 7) is 1.94. The first-order valence-corrected chi connectivity index (χ1v) is 3.77. The van der Waals surface area contributed by atoms with Gasteiger partial charge in [0.2, 0.25) is 0 Å². The number of benzene rings is 1. The Morgan fingerprint density at radius 2 is 2.27 bits per heavy atom. The van der Waals surface area contributed by atoms with Crippen LogP contribution in [0.4, 0.5) is 5.69 Å². The van der Waals surface area contributed by atoms with E-state index < -0.39 is 0 Å². The Balaban J connectivity index is 2.86. The Kier molecular flexibility index (Phi) is 2.49. The highest BCUT2D eigenvalue weighted by Crippen LogP contribution is 2.17.